The van der Waals surface area contributed by atoms with Gasteiger partial charge in [0, 0.05) is 39.4 Å². The van der Waals surface area contributed by atoms with Crippen molar-refractivity contribution in [2.24, 2.45) is 0 Å². The number of aromatic hydroxyl groups is 1. The van der Waals surface area contributed by atoms with Gasteiger partial charge < -0.3 is 20.3 Å². The first-order valence-corrected chi connectivity index (χ1v) is 7.77. The molecule has 6 nitrogen and oxygen atoms in total. The van der Waals surface area contributed by atoms with Crippen molar-refractivity contribution in [1.82, 2.24) is 9.97 Å². The molecule has 0 unspecified atom stereocenters. The van der Waals surface area contributed by atoms with Crippen LogP contribution < -0.4 is 15.2 Å². The lowest BCUT2D eigenvalue weighted by Crippen LogP contribution is -1.97. The molecule has 0 bridgehead atoms. The Morgan fingerprint density at radius 2 is 1.72 bits per heavy atom. The van der Waals surface area contributed by atoms with Crippen LogP contribution in [0.2, 0.25) is 0 Å². The predicted molar refractivity (Wildman–Crippen MR) is 98.5 cm³/mol. The van der Waals surface area contributed by atoms with Crippen LogP contribution in [0.5, 0.6) is 17.2 Å². The smallest absolute Gasteiger partial charge is 0.162 e. The number of rotatable bonds is 2. The number of fused-ring (bicyclic) bond motifs is 5. The van der Waals surface area contributed by atoms with Gasteiger partial charge in [-0.2, -0.15) is 0 Å². The molecule has 0 radical (unpaired) electrons. The van der Waals surface area contributed by atoms with Gasteiger partial charge in [-0.15, -0.1) is 0 Å². The van der Waals surface area contributed by atoms with Crippen LogP contribution in [0.4, 0.5) is 5.82 Å². The number of nitrogens with zero attached hydrogens (tertiary/aromatic N) is 2. The Hall–Kier alpha value is -3.28. The molecule has 126 valence electrons. The van der Waals surface area contributed by atoms with E-state index in [9.17, 15) is 5.11 Å². The molecule has 0 saturated heterocycles. The molecular formula is C19H17N3O3. The molecule has 0 aliphatic heterocycles. The second kappa shape index (κ2) is 5.37. The van der Waals surface area contributed by atoms with Gasteiger partial charge in [0.1, 0.15) is 11.6 Å². The Kier molecular flexibility index (Phi) is 3.28. The Labute approximate surface area is 143 Å². The molecular weight excluding hydrogens is 318 g/mol. The molecule has 25 heavy (non-hydrogen) atoms. The maximum Gasteiger partial charge on any atom is 0.162 e. The third-order valence-electron chi connectivity index (χ3n) is 4.55. The Morgan fingerprint density at radius 3 is 2.44 bits per heavy atom. The molecule has 2 aromatic carbocycles. The van der Waals surface area contributed by atoms with Crippen LogP contribution in [-0.4, -0.2) is 29.3 Å². The molecule has 0 amide bonds. The zero-order valence-electron chi connectivity index (χ0n) is 14.1. The van der Waals surface area contributed by atoms with E-state index >= 15 is 0 Å². The zero-order valence-corrected chi connectivity index (χ0v) is 14.1. The van der Waals surface area contributed by atoms with Gasteiger partial charge in [-0.1, -0.05) is 0 Å². The van der Waals surface area contributed by atoms with Crippen LogP contribution in [-0.2, 0) is 0 Å². The lowest BCUT2D eigenvalue weighted by Gasteiger charge is -2.13. The van der Waals surface area contributed by atoms with E-state index < -0.39 is 0 Å². The number of nitrogen functional groups attached to an aromatic ring is 1. The SMILES string of the molecule is COc1cc2ncc3c(N)nc4c(C)c(O)ccc4c3c2cc1OC. The molecule has 3 N–H and O–H groups in total. The number of pyridine rings is 2. The molecule has 6 heteroatoms. The Morgan fingerprint density at radius 1 is 1.00 bits per heavy atom. The van der Waals surface area contributed by atoms with E-state index in [4.69, 9.17) is 15.2 Å². The fraction of sp³-hybridized carbons (Fsp3) is 0.158. The van der Waals surface area contributed by atoms with Crippen molar-refractivity contribution in [3.8, 4) is 17.2 Å². The van der Waals surface area contributed by atoms with E-state index in [2.05, 4.69) is 9.97 Å². The van der Waals surface area contributed by atoms with Gasteiger partial charge in [-0.3, -0.25) is 4.98 Å². The Balaban J connectivity index is 2.28. The number of phenols is 1. The molecule has 4 aromatic rings. The standard InChI is InChI=1S/C19H17N3O3/c1-9-14(23)5-4-10-17-11-6-15(24-2)16(25-3)7-13(11)21-8-12(17)19(20)22-18(9)10/h4-8,23H,1-3H3,(H2,20,22). The molecule has 0 saturated carbocycles. The first-order valence-electron chi connectivity index (χ1n) is 7.77. The van der Waals surface area contributed by atoms with Crippen LogP contribution >= 0.6 is 0 Å². The minimum absolute atomic E-state index is 0.191. The number of nitrogens with two attached hydrogens (primary N) is 1. The third kappa shape index (κ3) is 2.11. The van der Waals surface area contributed by atoms with Crippen LogP contribution in [0.1, 0.15) is 5.56 Å². The van der Waals surface area contributed by atoms with E-state index in [0.717, 1.165) is 27.1 Å². The van der Waals surface area contributed by atoms with E-state index in [0.29, 0.717) is 28.4 Å². The summed E-state index contributed by atoms with van der Waals surface area (Å²) in [4.78, 5) is 8.97. The van der Waals surface area contributed by atoms with Crippen molar-refractivity contribution >= 4 is 38.4 Å². The molecule has 0 aliphatic carbocycles. The molecule has 0 aliphatic rings. The molecule has 4 rings (SSSR count). The van der Waals surface area contributed by atoms with Gasteiger partial charge in [0.05, 0.1) is 25.3 Å². The first-order chi connectivity index (χ1) is 12.0. The zero-order chi connectivity index (χ0) is 17.7. The molecule has 0 spiro atoms. The van der Waals surface area contributed by atoms with Crippen LogP contribution in [0.3, 0.4) is 0 Å². The average Bonchev–Trinajstić information content (AvgIpc) is 2.63. The van der Waals surface area contributed by atoms with Gasteiger partial charge >= 0.3 is 0 Å². The number of hydrogen-bond acceptors (Lipinski definition) is 6. The second-order valence-electron chi connectivity index (χ2n) is 5.87. The maximum absolute atomic E-state index is 10.0. The van der Waals surface area contributed by atoms with Crippen molar-refractivity contribution < 1.29 is 14.6 Å². The lowest BCUT2D eigenvalue weighted by atomic mass is 10.00. The number of benzene rings is 2. The fourth-order valence-corrected chi connectivity index (χ4v) is 3.22. The van der Waals surface area contributed by atoms with Crippen molar-refractivity contribution in [3.63, 3.8) is 0 Å². The lowest BCUT2D eigenvalue weighted by molar-refractivity contribution is 0.356. The summed E-state index contributed by atoms with van der Waals surface area (Å²) in [6.07, 6.45) is 1.72. The first kappa shape index (κ1) is 15.3. The number of aryl methyl sites for hydroxylation is 1. The van der Waals surface area contributed by atoms with Crippen LogP contribution in [0.15, 0.2) is 30.5 Å². The highest BCUT2D eigenvalue weighted by molar-refractivity contribution is 6.21. The molecule has 0 atom stereocenters. The average molecular weight is 335 g/mol. The number of phenolic OH excluding ortho intramolecular Hbond substituents is 1. The van der Waals surface area contributed by atoms with Crippen molar-refractivity contribution in [2.45, 2.75) is 6.92 Å². The quantitative estimate of drug-likeness (QED) is 0.544. The fourth-order valence-electron chi connectivity index (χ4n) is 3.22. The van der Waals surface area contributed by atoms with E-state index in [-0.39, 0.29) is 5.75 Å². The van der Waals surface area contributed by atoms with E-state index in [1.54, 1.807) is 26.5 Å². The molecule has 2 aromatic heterocycles. The molecule has 0 fully saturated rings. The van der Waals surface area contributed by atoms with Gasteiger partial charge in [0.15, 0.2) is 11.5 Å². The monoisotopic (exact) mass is 335 g/mol. The van der Waals surface area contributed by atoms with Crippen molar-refractivity contribution in [1.29, 1.82) is 0 Å². The van der Waals surface area contributed by atoms with Crippen LogP contribution in [0.25, 0.3) is 32.6 Å². The van der Waals surface area contributed by atoms with Crippen LogP contribution in [0, 0.1) is 6.92 Å². The summed E-state index contributed by atoms with van der Waals surface area (Å²) in [5, 5.41) is 13.5. The predicted octanol–water partition coefficient (Wildman–Crippen LogP) is 3.55. The summed E-state index contributed by atoms with van der Waals surface area (Å²) >= 11 is 0. The van der Waals surface area contributed by atoms with Crippen molar-refractivity contribution in [2.75, 3.05) is 20.0 Å². The maximum atomic E-state index is 10.0. The minimum Gasteiger partial charge on any atom is -0.508 e. The number of methoxy groups -OCH3 is 2. The van der Waals surface area contributed by atoms with Gasteiger partial charge in [-0.25, -0.2) is 4.98 Å². The highest BCUT2D eigenvalue weighted by Crippen LogP contribution is 2.39. The van der Waals surface area contributed by atoms with Gasteiger partial charge in [0.25, 0.3) is 0 Å². The summed E-state index contributed by atoms with van der Waals surface area (Å²) < 4.78 is 10.8. The number of anilines is 1. The summed E-state index contributed by atoms with van der Waals surface area (Å²) in [5.41, 5.74) is 8.30. The van der Waals surface area contributed by atoms with Crippen molar-refractivity contribution in [3.05, 3.63) is 36.0 Å². The minimum atomic E-state index is 0.191. The summed E-state index contributed by atoms with van der Waals surface area (Å²) in [5.74, 6) is 1.79. The summed E-state index contributed by atoms with van der Waals surface area (Å²) in [7, 11) is 3.19. The number of aromatic nitrogens is 2. The largest absolute Gasteiger partial charge is 0.508 e. The van der Waals surface area contributed by atoms with E-state index in [1.165, 1.54) is 0 Å². The summed E-state index contributed by atoms with van der Waals surface area (Å²) in [6.45, 7) is 1.82. The Bertz CT molecular complexity index is 1160. The highest BCUT2D eigenvalue weighted by Gasteiger charge is 2.16. The number of hydrogen-bond donors (Lipinski definition) is 2. The van der Waals surface area contributed by atoms with Gasteiger partial charge in [0.2, 0.25) is 0 Å². The second-order valence-corrected chi connectivity index (χ2v) is 5.87. The van der Waals surface area contributed by atoms with E-state index in [1.807, 2.05) is 25.1 Å². The third-order valence-corrected chi connectivity index (χ3v) is 4.55. The molecule has 2 heterocycles. The normalized spacial score (nSPS) is 11.3. The summed E-state index contributed by atoms with van der Waals surface area (Å²) in [6, 6.07) is 7.25. The van der Waals surface area contributed by atoms with Gasteiger partial charge in [-0.05, 0) is 25.1 Å². The topological polar surface area (TPSA) is 90.5 Å². The highest BCUT2D eigenvalue weighted by atomic mass is 16.5. The number of ether oxygens (including phenoxy) is 2.